The van der Waals surface area contributed by atoms with E-state index in [1.54, 1.807) is 11.3 Å². The molecule has 2 rings (SSSR count). The van der Waals surface area contributed by atoms with Crippen molar-refractivity contribution in [3.05, 3.63) is 22.4 Å². The smallest absolute Gasteiger partial charge is 0.315 e. The Labute approximate surface area is 124 Å². The fraction of sp³-hybridized carbons (Fsp3) is 0.643. The van der Waals surface area contributed by atoms with Crippen LogP contribution in [-0.2, 0) is 11.3 Å². The quantitative estimate of drug-likeness (QED) is 0.869. The second-order valence-electron chi connectivity index (χ2n) is 5.21. The van der Waals surface area contributed by atoms with Crippen LogP contribution in [-0.4, -0.2) is 49.3 Å². The van der Waals surface area contributed by atoms with Crippen molar-refractivity contribution < 1.29 is 9.53 Å². The van der Waals surface area contributed by atoms with Crippen molar-refractivity contribution in [3.63, 3.8) is 0 Å². The molecule has 2 N–H and O–H groups in total. The highest BCUT2D eigenvalue weighted by Crippen LogP contribution is 2.09. The van der Waals surface area contributed by atoms with E-state index in [0.717, 1.165) is 24.5 Å². The second kappa shape index (κ2) is 7.61. The molecular formula is C14H23N3O2S. The Bertz CT molecular complexity index is 401. The highest BCUT2D eigenvalue weighted by molar-refractivity contribution is 7.09. The summed E-state index contributed by atoms with van der Waals surface area (Å²) < 4.78 is 5.68. The molecular weight excluding hydrogens is 274 g/mol. The fourth-order valence-electron chi connectivity index (χ4n) is 2.44. The lowest BCUT2D eigenvalue weighted by atomic mass is 10.2. The van der Waals surface area contributed by atoms with Crippen molar-refractivity contribution in [1.29, 1.82) is 0 Å². The first-order valence-electron chi connectivity index (χ1n) is 7.05. The monoisotopic (exact) mass is 297 g/mol. The molecule has 1 aliphatic heterocycles. The summed E-state index contributed by atoms with van der Waals surface area (Å²) in [6.45, 7) is 8.16. The molecule has 2 unspecified atom stereocenters. The third kappa shape index (κ3) is 5.11. The Morgan fingerprint density at radius 3 is 2.80 bits per heavy atom. The van der Waals surface area contributed by atoms with Gasteiger partial charge in [-0.2, -0.15) is 0 Å². The summed E-state index contributed by atoms with van der Waals surface area (Å²) in [4.78, 5) is 15.1. The Hall–Kier alpha value is -1.11. The number of ether oxygens (including phenoxy) is 1. The van der Waals surface area contributed by atoms with Crippen molar-refractivity contribution in [2.24, 2.45) is 0 Å². The SMILES string of the molecule is CC1CN(CCNC(=O)NCc2cccs2)CC(C)O1. The van der Waals surface area contributed by atoms with Crippen molar-refractivity contribution in [2.75, 3.05) is 26.2 Å². The predicted molar refractivity (Wildman–Crippen MR) is 81.0 cm³/mol. The minimum Gasteiger partial charge on any atom is -0.373 e. The van der Waals surface area contributed by atoms with Gasteiger partial charge in [-0.3, -0.25) is 4.90 Å². The molecule has 1 fully saturated rings. The van der Waals surface area contributed by atoms with E-state index in [1.807, 2.05) is 17.5 Å². The first-order valence-corrected chi connectivity index (χ1v) is 7.93. The number of hydrogen-bond donors (Lipinski definition) is 2. The number of thiophene rings is 1. The molecule has 2 atom stereocenters. The lowest BCUT2D eigenvalue weighted by Crippen LogP contribution is -2.48. The summed E-state index contributed by atoms with van der Waals surface area (Å²) in [7, 11) is 0. The normalized spacial score (nSPS) is 23.5. The van der Waals surface area contributed by atoms with E-state index in [2.05, 4.69) is 29.4 Å². The van der Waals surface area contributed by atoms with Gasteiger partial charge in [0.1, 0.15) is 0 Å². The number of urea groups is 1. The number of nitrogens with one attached hydrogen (secondary N) is 2. The van der Waals surface area contributed by atoms with Gasteiger partial charge in [0.2, 0.25) is 0 Å². The molecule has 1 aliphatic rings. The fourth-order valence-corrected chi connectivity index (χ4v) is 3.08. The maximum absolute atomic E-state index is 11.6. The molecule has 0 spiro atoms. The van der Waals surface area contributed by atoms with E-state index >= 15 is 0 Å². The third-order valence-electron chi connectivity index (χ3n) is 3.21. The molecule has 0 saturated carbocycles. The van der Waals surface area contributed by atoms with E-state index < -0.39 is 0 Å². The van der Waals surface area contributed by atoms with Crippen LogP contribution in [0.3, 0.4) is 0 Å². The molecule has 112 valence electrons. The predicted octanol–water partition coefficient (Wildman–Crippen LogP) is 1.66. The number of hydrogen-bond acceptors (Lipinski definition) is 4. The summed E-state index contributed by atoms with van der Waals surface area (Å²) >= 11 is 1.65. The minimum absolute atomic E-state index is 0.104. The largest absolute Gasteiger partial charge is 0.373 e. The van der Waals surface area contributed by atoms with Crippen molar-refractivity contribution in [1.82, 2.24) is 15.5 Å². The third-order valence-corrected chi connectivity index (χ3v) is 4.09. The lowest BCUT2D eigenvalue weighted by molar-refractivity contribution is -0.0672. The summed E-state index contributed by atoms with van der Waals surface area (Å²) in [5.74, 6) is 0. The van der Waals surface area contributed by atoms with E-state index in [9.17, 15) is 4.79 Å². The molecule has 0 aromatic carbocycles. The maximum atomic E-state index is 11.6. The minimum atomic E-state index is -0.104. The van der Waals surface area contributed by atoms with E-state index in [-0.39, 0.29) is 18.2 Å². The Kier molecular flexibility index (Phi) is 5.82. The Balaban J connectivity index is 1.59. The Morgan fingerprint density at radius 1 is 1.40 bits per heavy atom. The topological polar surface area (TPSA) is 53.6 Å². The summed E-state index contributed by atoms with van der Waals surface area (Å²) in [5, 5.41) is 7.76. The molecule has 0 aliphatic carbocycles. The summed E-state index contributed by atoms with van der Waals surface area (Å²) in [5.41, 5.74) is 0. The van der Waals surface area contributed by atoms with Gasteiger partial charge in [0.25, 0.3) is 0 Å². The van der Waals surface area contributed by atoms with Crippen molar-refractivity contribution in [2.45, 2.75) is 32.6 Å². The maximum Gasteiger partial charge on any atom is 0.315 e. The molecule has 0 radical (unpaired) electrons. The summed E-state index contributed by atoms with van der Waals surface area (Å²) in [6.07, 6.45) is 0.540. The molecule has 1 aromatic rings. The van der Waals surface area contributed by atoms with Gasteiger partial charge < -0.3 is 15.4 Å². The van der Waals surface area contributed by atoms with Crippen LogP contribution in [0.4, 0.5) is 4.79 Å². The van der Waals surface area contributed by atoms with Gasteiger partial charge in [-0.05, 0) is 25.3 Å². The molecule has 1 aromatic heterocycles. The zero-order chi connectivity index (χ0) is 14.4. The first-order chi connectivity index (χ1) is 9.63. The average Bonchev–Trinajstić information content (AvgIpc) is 2.88. The number of carbonyl (C=O) groups is 1. The van der Waals surface area contributed by atoms with Crippen LogP contribution in [0.25, 0.3) is 0 Å². The lowest BCUT2D eigenvalue weighted by Gasteiger charge is -2.35. The molecule has 5 nitrogen and oxygen atoms in total. The van der Waals surface area contributed by atoms with Crippen molar-refractivity contribution >= 4 is 17.4 Å². The van der Waals surface area contributed by atoms with Gasteiger partial charge in [0.15, 0.2) is 0 Å². The van der Waals surface area contributed by atoms with Crippen LogP contribution in [0, 0.1) is 0 Å². The highest BCUT2D eigenvalue weighted by atomic mass is 32.1. The van der Waals surface area contributed by atoms with Crippen LogP contribution < -0.4 is 10.6 Å². The molecule has 2 amide bonds. The number of carbonyl (C=O) groups excluding carboxylic acids is 1. The van der Waals surface area contributed by atoms with Crippen LogP contribution in [0.2, 0.25) is 0 Å². The molecule has 20 heavy (non-hydrogen) atoms. The number of nitrogens with zero attached hydrogens (tertiary/aromatic N) is 1. The van der Waals surface area contributed by atoms with E-state index in [1.165, 1.54) is 0 Å². The van der Waals surface area contributed by atoms with E-state index in [4.69, 9.17) is 4.74 Å². The van der Waals surface area contributed by atoms with Crippen molar-refractivity contribution in [3.8, 4) is 0 Å². The number of rotatable bonds is 5. The summed E-state index contributed by atoms with van der Waals surface area (Å²) in [6, 6.07) is 3.90. The van der Waals surface area contributed by atoms with Gasteiger partial charge in [-0.15, -0.1) is 11.3 Å². The van der Waals surface area contributed by atoms with Crippen LogP contribution in [0.5, 0.6) is 0 Å². The molecule has 6 heteroatoms. The van der Waals surface area contributed by atoms with Crippen LogP contribution >= 0.6 is 11.3 Å². The molecule has 2 heterocycles. The molecule has 0 bridgehead atoms. The van der Waals surface area contributed by atoms with Gasteiger partial charge in [-0.1, -0.05) is 6.07 Å². The zero-order valence-electron chi connectivity index (χ0n) is 12.1. The number of morpholine rings is 1. The highest BCUT2D eigenvalue weighted by Gasteiger charge is 2.21. The van der Waals surface area contributed by atoms with E-state index in [0.29, 0.717) is 13.1 Å². The van der Waals surface area contributed by atoms with Gasteiger partial charge in [0.05, 0.1) is 18.8 Å². The number of amides is 2. The van der Waals surface area contributed by atoms with Gasteiger partial charge in [-0.25, -0.2) is 4.79 Å². The van der Waals surface area contributed by atoms with Gasteiger partial charge in [0, 0.05) is 31.1 Å². The standard InChI is InChI=1S/C14H23N3O2S/c1-11-9-17(10-12(2)19-11)6-5-15-14(18)16-8-13-4-3-7-20-13/h3-4,7,11-12H,5-6,8-10H2,1-2H3,(H2,15,16,18). The first kappa shape index (κ1) is 15.3. The second-order valence-corrected chi connectivity index (χ2v) is 6.24. The molecule has 1 saturated heterocycles. The zero-order valence-corrected chi connectivity index (χ0v) is 12.9. The van der Waals surface area contributed by atoms with Crippen LogP contribution in [0.1, 0.15) is 18.7 Å². The average molecular weight is 297 g/mol. The van der Waals surface area contributed by atoms with Gasteiger partial charge >= 0.3 is 6.03 Å². The van der Waals surface area contributed by atoms with Crippen LogP contribution in [0.15, 0.2) is 17.5 Å². The Morgan fingerprint density at radius 2 is 2.15 bits per heavy atom.